The number of hydrogen-bond acceptors (Lipinski definition) is 3. The first-order valence-corrected chi connectivity index (χ1v) is 18.6. The van der Waals surface area contributed by atoms with Gasteiger partial charge in [-0.15, -0.1) is 0 Å². The molecule has 2 unspecified atom stereocenters. The van der Waals surface area contributed by atoms with Gasteiger partial charge in [0.05, 0.1) is 20.2 Å². The molecular weight excluding hydrogens is 531 g/mol. The first-order valence-electron chi connectivity index (χ1n) is 15.1. The lowest BCUT2D eigenvalue weighted by Crippen LogP contribution is -2.53. The van der Waals surface area contributed by atoms with Crippen molar-refractivity contribution in [1.29, 1.82) is 0 Å². The van der Waals surface area contributed by atoms with Gasteiger partial charge in [-0.25, -0.2) is 4.98 Å². The minimum Gasteiger partial charge on any atom is -0.437 e. The number of allylic oxidation sites excluding steroid dienone is 2. The number of rotatable bonds is 3. The van der Waals surface area contributed by atoms with Crippen LogP contribution >= 0.6 is 0 Å². The molecule has 2 aromatic carbocycles. The number of furan rings is 1. The molecule has 0 N–H and O–H groups in total. The van der Waals surface area contributed by atoms with E-state index in [0.717, 1.165) is 59.0 Å². The average Bonchev–Trinajstić information content (AvgIpc) is 3.37. The molecular formula is C37H38N3OSi+. The molecule has 0 amide bonds. The zero-order valence-electron chi connectivity index (χ0n) is 25.1. The predicted molar refractivity (Wildman–Crippen MR) is 177 cm³/mol. The lowest BCUT2D eigenvalue weighted by atomic mass is 9.77. The predicted octanol–water partition coefficient (Wildman–Crippen LogP) is 8.21. The smallest absolute Gasteiger partial charge is 0.227 e. The number of hydrogen-bond donors (Lipinski definition) is 0. The minimum atomic E-state index is -1.57. The number of benzene rings is 2. The molecule has 5 heterocycles. The molecule has 0 saturated heterocycles. The minimum absolute atomic E-state index is 0.235. The van der Waals surface area contributed by atoms with Gasteiger partial charge in [0.25, 0.3) is 0 Å². The van der Waals surface area contributed by atoms with Crippen molar-refractivity contribution >= 4 is 41.0 Å². The Morgan fingerprint density at radius 2 is 1.90 bits per heavy atom. The van der Waals surface area contributed by atoms with E-state index >= 15 is 0 Å². The van der Waals surface area contributed by atoms with Crippen molar-refractivity contribution in [2.24, 2.45) is 4.99 Å². The molecule has 2 aliphatic rings. The van der Waals surface area contributed by atoms with E-state index in [0.29, 0.717) is 11.6 Å². The second kappa shape index (κ2) is 10.0. The maximum Gasteiger partial charge on any atom is 0.227 e. The molecule has 3 aromatic heterocycles. The molecule has 0 spiro atoms. The highest BCUT2D eigenvalue weighted by Gasteiger charge is 2.42. The SMILES string of the molecule is C=C/C1=N/C(=C)CC2C(CCc3ccc4c(oc5ncccc54)c31)c1ccccc1-c1cc(CC)c([Si](C)(C)C)c[n+]12. The number of aromatic nitrogens is 2. The average molecular weight is 569 g/mol. The Morgan fingerprint density at radius 1 is 1.07 bits per heavy atom. The third kappa shape index (κ3) is 4.21. The largest absolute Gasteiger partial charge is 0.437 e. The molecule has 0 bridgehead atoms. The van der Waals surface area contributed by atoms with E-state index in [2.05, 4.69) is 104 Å². The van der Waals surface area contributed by atoms with Crippen molar-refractivity contribution in [3.63, 3.8) is 0 Å². The zero-order chi connectivity index (χ0) is 29.2. The fraction of sp³-hybridized carbons (Fsp3) is 0.270. The van der Waals surface area contributed by atoms with Crippen molar-refractivity contribution in [3.8, 4) is 11.3 Å². The molecule has 0 radical (unpaired) electrons. The Bertz CT molecular complexity index is 1940. The summed E-state index contributed by atoms with van der Waals surface area (Å²) in [5, 5.41) is 3.63. The highest BCUT2D eigenvalue weighted by Crippen LogP contribution is 2.44. The van der Waals surface area contributed by atoms with Crippen LogP contribution in [0.2, 0.25) is 19.6 Å². The van der Waals surface area contributed by atoms with E-state index in [9.17, 15) is 0 Å². The van der Waals surface area contributed by atoms with E-state index < -0.39 is 8.07 Å². The second-order valence-corrected chi connectivity index (χ2v) is 17.9. The maximum absolute atomic E-state index is 6.39. The Balaban J connectivity index is 1.44. The van der Waals surface area contributed by atoms with Gasteiger partial charge in [-0.05, 0) is 60.2 Å². The van der Waals surface area contributed by atoms with Crippen LogP contribution in [0.3, 0.4) is 0 Å². The van der Waals surface area contributed by atoms with Gasteiger partial charge in [0, 0.05) is 51.0 Å². The molecule has 2 atom stereocenters. The Hall–Kier alpha value is -4.09. The third-order valence-corrected chi connectivity index (χ3v) is 11.3. The van der Waals surface area contributed by atoms with E-state index in [1.54, 1.807) is 11.4 Å². The van der Waals surface area contributed by atoms with Gasteiger partial charge in [0.1, 0.15) is 5.58 Å². The fourth-order valence-electron chi connectivity index (χ4n) is 7.29. The number of aliphatic imine (C=N–C) groups is 1. The molecule has 0 aliphatic carbocycles. The summed E-state index contributed by atoms with van der Waals surface area (Å²) in [5.41, 5.74) is 11.0. The summed E-state index contributed by atoms with van der Waals surface area (Å²) in [6, 6.07) is 20.2. The van der Waals surface area contributed by atoms with Crippen molar-refractivity contribution < 1.29 is 8.98 Å². The summed E-state index contributed by atoms with van der Waals surface area (Å²) in [6.45, 7) is 18.4. The van der Waals surface area contributed by atoms with Crippen LogP contribution in [0.25, 0.3) is 33.3 Å². The van der Waals surface area contributed by atoms with Crippen LogP contribution in [0.5, 0.6) is 0 Å². The summed E-state index contributed by atoms with van der Waals surface area (Å²) in [4.78, 5) is 9.66. The standard InChI is InChI=1S/C37H38N3OSi/c1-7-24-21-33-27-13-10-9-12-26(27)28-17-15-25-16-18-29-30-14-11-19-38-37(30)41-36(29)35(25)31(8-2)39-23(3)20-32(28)40(33)22-34(24)42(4,5)6/h8-14,16,18-19,21-22,28,32H,2-3,7,15,17,20H2,1,4-6H3/q+1/b39-31-. The molecule has 0 fully saturated rings. The van der Waals surface area contributed by atoms with Crippen molar-refractivity contribution in [2.75, 3.05) is 0 Å². The van der Waals surface area contributed by atoms with Crippen LogP contribution in [0.4, 0.5) is 0 Å². The monoisotopic (exact) mass is 568 g/mol. The van der Waals surface area contributed by atoms with Crippen LogP contribution < -0.4 is 9.75 Å². The van der Waals surface area contributed by atoms with Crippen LogP contribution in [-0.4, -0.2) is 18.8 Å². The van der Waals surface area contributed by atoms with Gasteiger partial charge < -0.3 is 4.42 Å². The van der Waals surface area contributed by atoms with Gasteiger partial charge in [-0.3, -0.25) is 4.99 Å². The second-order valence-electron chi connectivity index (χ2n) is 12.8. The summed E-state index contributed by atoms with van der Waals surface area (Å²) in [6.07, 6.45) is 9.89. The number of nitrogens with zero attached hydrogens (tertiary/aromatic N) is 3. The lowest BCUT2D eigenvalue weighted by molar-refractivity contribution is -0.717. The maximum atomic E-state index is 6.39. The molecule has 5 aromatic rings. The molecule has 7 rings (SSSR count). The number of fused-ring (bicyclic) bond motifs is 11. The van der Waals surface area contributed by atoms with Crippen molar-refractivity contribution in [1.82, 2.24) is 4.98 Å². The van der Waals surface area contributed by atoms with Crippen LogP contribution in [0.15, 0.2) is 101 Å². The Kier molecular flexibility index (Phi) is 6.39. The topological polar surface area (TPSA) is 42.3 Å². The molecule has 5 heteroatoms. The molecule has 210 valence electrons. The van der Waals surface area contributed by atoms with E-state index in [1.165, 1.54) is 27.9 Å². The molecule has 4 nitrogen and oxygen atoms in total. The molecule has 2 aliphatic heterocycles. The third-order valence-electron chi connectivity index (χ3n) is 9.25. The zero-order valence-corrected chi connectivity index (χ0v) is 26.1. The van der Waals surface area contributed by atoms with Gasteiger partial charge in [0.2, 0.25) is 11.4 Å². The summed E-state index contributed by atoms with van der Waals surface area (Å²) in [5.74, 6) is 0.332. The van der Waals surface area contributed by atoms with Gasteiger partial charge >= 0.3 is 0 Å². The normalized spacial score (nSPS) is 19.8. The summed E-state index contributed by atoms with van der Waals surface area (Å²) < 4.78 is 8.98. The van der Waals surface area contributed by atoms with Crippen molar-refractivity contribution in [2.45, 2.75) is 64.2 Å². The van der Waals surface area contributed by atoms with Gasteiger partial charge in [-0.2, -0.15) is 4.57 Å². The van der Waals surface area contributed by atoms with Gasteiger partial charge in [0.15, 0.2) is 12.2 Å². The first kappa shape index (κ1) is 26.8. The highest BCUT2D eigenvalue weighted by atomic mass is 28.3. The van der Waals surface area contributed by atoms with E-state index in [-0.39, 0.29) is 6.04 Å². The van der Waals surface area contributed by atoms with E-state index in [1.807, 2.05) is 12.1 Å². The number of aryl methyl sites for hydroxylation is 2. The van der Waals surface area contributed by atoms with Crippen LogP contribution in [0, 0.1) is 0 Å². The molecule has 0 saturated carbocycles. The highest BCUT2D eigenvalue weighted by molar-refractivity contribution is 6.89. The first-order chi connectivity index (χ1) is 20.3. The lowest BCUT2D eigenvalue weighted by Gasteiger charge is -2.33. The fourth-order valence-corrected chi connectivity index (χ4v) is 9.03. The van der Waals surface area contributed by atoms with E-state index in [4.69, 9.17) is 9.41 Å². The van der Waals surface area contributed by atoms with Crippen molar-refractivity contribution in [3.05, 3.63) is 114 Å². The Labute approximate surface area is 249 Å². The summed E-state index contributed by atoms with van der Waals surface area (Å²) >= 11 is 0. The van der Waals surface area contributed by atoms with Crippen LogP contribution in [-0.2, 0) is 12.8 Å². The number of pyridine rings is 2. The van der Waals surface area contributed by atoms with Crippen LogP contribution in [0.1, 0.15) is 54.0 Å². The Morgan fingerprint density at radius 3 is 2.69 bits per heavy atom. The molecule has 42 heavy (non-hydrogen) atoms. The van der Waals surface area contributed by atoms with Gasteiger partial charge in [-0.1, -0.05) is 70.1 Å². The summed E-state index contributed by atoms with van der Waals surface area (Å²) in [7, 11) is -1.57. The quantitative estimate of drug-likeness (QED) is 0.163.